The van der Waals surface area contributed by atoms with E-state index < -0.39 is 11.9 Å². The summed E-state index contributed by atoms with van der Waals surface area (Å²) in [6.45, 7) is 0. The fourth-order valence-corrected chi connectivity index (χ4v) is 3.35. The molecule has 0 spiro atoms. The number of carboxylic acids is 1. The molecule has 2 bridgehead atoms. The number of rotatable bonds is 2. The number of halogens is 1. The maximum Gasteiger partial charge on any atom is 0.308 e. The molecule has 1 aromatic rings. The molecule has 0 aromatic heterocycles. The molecule has 3 nitrogen and oxygen atoms in total. The summed E-state index contributed by atoms with van der Waals surface area (Å²) in [5, 5.41) is 12.6. The minimum absolute atomic E-state index is 0.00195. The third-order valence-corrected chi connectivity index (χ3v) is 4.02. The van der Waals surface area contributed by atoms with Crippen molar-refractivity contribution in [3.05, 3.63) is 35.6 Å². The first-order valence-electron chi connectivity index (χ1n) is 5.92. The highest BCUT2D eigenvalue weighted by atomic mass is 19.1. The summed E-state index contributed by atoms with van der Waals surface area (Å²) in [6, 6.07) is 6.62. The summed E-state index contributed by atoms with van der Waals surface area (Å²) in [7, 11) is 0. The predicted molar refractivity (Wildman–Crippen MR) is 60.2 cm³/mol. The average Bonchev–Trinajstić information content (AvgIpc) is 2.89. The highest BCUT2D eigenvalue weighted by Crippen LogP contribution is 2.45. The number of fused-ring (bicyclic) bond motifs is 2. The van der Waals surface area contributed by atoms with Crippen LogP contribution < -0.4 is 5.32 Å². The van der Waals surface area contributed by atoms with E-state index in [0.717, 1.165) is 12.8 Å². The van der Waals surface area contributed by atoms with Crippen LogP contribution in [0.5, 0.6) is 0 Å². The lowest BCUT2D eigenvalue weighted by molar-refractivity contribution is -0.143. The van der Waals surface area contributed by atoms with Crippen molar-refractivity contribution in [2.45, 2.75) is 30.8 Å². The maximum atomic E-state index is 13.8. The second-order valence-electron chi connectivity index (χ2n) is 4.87. The molecule has 2 N–H and O–H groups in total. The Morgan fingerprint density at radius 1 is 1.29 bits per heavy atom. The molecule has 0 saturated carbocycles. The van der Waals surface area contributed by atoms with Crippen molar-refractivity contribution in [3.8, 4) is 0 Å². The van der Waals surface area contributed by atoms with Crippen LogP contribution in [0.1, 0.15) is 24.3 Å². The molecule has 2 saturated heterocycles. The third-order valence-electron chi connectivity index (χ3n) is 4.02. The fourth-order valence-electron chi connectivity index (χ4n) is 3.35. The Morgan fingerprint density at radius 3 is 2.71 bits per heavy atom. The number of hydrogen-bond acceptors (Lipinski definition) is 2. The summed E-state index contributed by atoms with van der Waals surface area (Å²) < 4.78 is 13.8. The van der Waals surface area contributed by atoms with Crippen molar-refractivity contribution in [2.75, 3.05) is 0 Å². The molecule has 17 heavy (non-hydrogen) atoms. The predicted octanol–water partition coefficient (Wildman–Crippen LogP) is 1.74. The van der Waals surface area contributed by atoms with E-state index >= 15 is 0 Å². The van der Waals surface area contributed by atoms with E-state index in [1.54, 1.807) is 18.2 Å². The lowest BCUT2D eigenvalue weighted by Gasteiger charge is -2.26. The number of carboxylic acid groups (broad SMARTS) is 1. The Bertz CT molecular complexity index is 462. The van der Waals surface area contributed by atoms with Gasteiger partial charge in [0.05, 0.1) is 5.92 Å². The van der Waals surface area contributed by atoms with Crippen molar-refractivity contribution in [3.63, 3.8) is 0 Å². The number of aliphatic carboxylic acids is 1. The molecule has 3 rings (SSSR count). The van der Waals surface area contributed by atoms with Crippen molar-refractivity contribution >= 4 is 5.97 Å². The van der Waals surface area contributed by atoms with Gasteiger partial charge >= 0.3 is 5.97 Å². The zero-order valence-electron chi connectivity index (χ0n) is 9.27. The molecule has 2 heterocycles. The van der Waals surface area contributed by atoms with Crippen LogP contribution in [0.15, 0.2) is 24.3 Å². The Labute approximate surface area is 98.6 Å². The van der Waals surface area contributed by atoms with E-state index in [2.05, 4.69) is 5.32 Å². The first-order valence-corrected chi connectivity index (χ1v) is 5.92. The quantitative estimate of drug-likeness (QED) is 0.821. The van der Waals surface area contributed by atoms with Crippen molar-refractivity contribution in [1.29, 1.82) is 0 Å². The van der Waals surface area contributed by atoms with Crippen LogP contribution in [0.25, 0.3) is 0 Å². The zero-order chi connectivity index (χ0) is 12.0. The molecule has 90 valence electrons. The Kier molecular flexibility index (Phi) is 2.40. The number of hydrogen-bond donors (Lipinski definition) is 2. The second kappa shape index (κ2) is 3.81. The molecule has 2 aliphatic rings. The van der Waals surface area contributed by atoms with Gasteiger partial charge in [-0.05, 0) is 24.5 Å². The summed E-state index contributed by atoms with van der Waals surface area (Å²) >= 11 is 0. The van der Waals surface area contributed by atoms with E-state index in [1.807, 2.05) is 0 Å². The Hall–Kier alpha value is -1.42. The number of benzene rings is 1. The van der Waals surface area contributed by atoms with Crippen LogP contribution in [-0.2, 0) is 4.79 Å². The van der Waals surface area contributed by atoms with E-state index in [9.17, 15) is 14.3 Å². The lowest BCUT2D eigenvalue weighted by Crippen LogP contribution is -2.32. The average molecular weight is 235 g/mol. The molecule has 0 radical (unpaired) electrons. The summed E-state index contributed by atoms with van der Waals surface area (Å²) in [5.41, 5.74) is 0.541. The van der Waals surface area contributed by atoms with Crippen LogP contribution in [-0.4, -0.2) is 23.2 Å². The summed E-state index contributed by atoms with van der Waals surface area (Å²) in [5.74, 6) is -1.84. The van der Waals surface area contributed by atoms with Crippen LogP contribution >= 0.6 is 0 Å². The minimum Gasteiger partial charge on any atom is -0.481 e. The van der Waals surface area contributed by atoms with Crippen LogP contribution in [0.2, 0.25) is 0 Å². The van der Waals surface area contributed by atoms with Gasteiger partial charge in [0.25, 0.3) is 0 Å². The smallest absolute Gasteiger partial charge is 0.308 e. The second-order valence-corrected chi connectivity index (χ2v) is 4.87. The molecule has 2 fully saturated rings. The summed E-state index contributed by atoms with van der Waals surface area (Å²) in [4.78, 5) is 11.3. The standard InChI is InChI=1S/C13H14FNO2/c14-8-4-2-1-3-7(8)11-9-5-6-10(15-9)12(11)13(16)17/h1-4,9-12,15H,5-6H2,(H,16,17). The van der Waals surface area contributed by atoms with Gasteiger partial charge in [-0.3, -0.25) is 4.79 Å². The summed E-state index contributed by atoms with van der Waals surface area (Å²) in [6.07, 6.45) is 1.82. The highest BCUT2D eigenvalue weighted by Gasteiger charge is 2.51. The van der Waals surface area contributed by atoms with Crippen molar-refractivity contribution < 1.29 is 14.3 Å². The molecular formula is C13H14FNO2. The first-order chi connectivity index (χ1) is 8.18. The molecule has 1 aromatic carbocycles. The van der Waals surface area contributed by atoms with Gasteiger partial charge in [-0.2, -0.15) is 0 Å². The first kappa shape index (κ1) is 10.7. The van der Waals surface area contributed by atoms with E-state index in [-0.39, 0.29) is 23.8 Å². The molecule has 2 aliphatic heterocycles. The van der Waals surface area contributed by atoms with Gasteiger partial charge in [0, 0.05) is 18.0 Å². The third kappa shape index (κ3) is 1.55. The fraction of sp³-hybridized carbons (Fsp3) is 0.462. The van der Waals surface area contributed by atoms with Gasteiger partial charge in [-0.15, -0.1) is 0 Å². The van der Waals surface area contributed by atoms with E-state index in [0.29, 0.717) is 5.56 Å². The van der Waals surface area contributed by atoms with Gasteiger partial charge in [0.1, 0.15) is 5.82 Å². The van der Waals surface area contributed by atoms with Crippen molar-refractivity contribution in [1.82, 2.24) is 5.32 Å². The Balaban J connectivity index is 2.02. The molecule has 4 unspecified atom stereocenters. The monoisotopic (exact) mass is 235 g/mol. The maximum absolute atomic E-state index is 13.8. The zero-order valence-corrected chi connectivity index (χ0v) is 9.27. The number of carbonyl (C=O) groups is 1. The van der Waals surface area contributed by atoms with Crippen molar-refractivity contribution in [2.24, 2.45) is 5.92 Å². The van der Waals surface area contributed by atoms with Gasteiger partial charge in [0.2, 0.25) is 0 Å². The van der Waals surface area contributed by atoms with Gasteiger partial charge < -0.3 is 10.4 Å². The van der Waals surface area contributed by atoms with Crippen LogP contribution in [0, 0.1) is 11.7 Å². The van der Waals surface area contributed by atoms with E-state index in [4.69, 9.17) is 0 Å². The Morgan fingerprint density at radius 2 is 2.00 bits per heavy atom. The van der Waals surface area contributed by atoms with E-state index in [1.165, 1.54) is 6.07 Å². The molecule has 0 aliphatic carbocycles. The molecular weight excluding hydrogens is 221 g/mol. The SMILES string of the molecule is O=C(O)C1C2CCC(N2)C1c1ccccc1F. The highest BCUT2D eigenvalue weighted by molar-refractivity contribution is 5.73. The van der Waals surface area contributed by atoms with Gasteiger partial charge in [0.15, 0.2) is 0 Å². The van der Waals surface area contributed by atoms with Gasteiger partial charge in [-0.25, -0.2) is 4.39 Å². The normalized spacial score (nSPS) is 35.1. The minimum atomic E-state index is -0.821. The largest absolute Gasteiger partial charge is 0.481 e. The van der Waals surface area contributed by atoms with Crippen LogP contribution in [0.4, 0.5) is 4.39 Å². The lowest BCUT2D eigenvalue weighted by atomic mass is 9.75. The number of nitrogens with one attached hydrogen (secondary N) is 1. The van der Waals surface area contributed by atoms with Crippen LogP contribution in [0.3, 0.4) is 0 Å². The molecule has 4 atom stereocenters. The molecule has 4 heteroatoms. The van der Waals surface area contributed by atoms with Gasteiger partial charge in [-0.1, -0.05) is 18.2 Å². The molecule has 0 amide bonds. The topological polar surface area (TPSA) is 49.3 Å².